The van der Waals surface area contributed by atoms with Crippen LogP contribution in [0, 0.1) is 6.92 Å². The maximum atomic E-state index is 12.3. The molecule has 14 heavy (non-hydrogen) atoms. The van der Waals surface area contributed by atoms with E-state index in [0.717, 1.165) is 10.9 Å². The van der Waals surface area contributed by atoms with Crippen molar-refractivity contribution in [3.63, 3.8) is 0 Å². The van der Waals surface area contributed by atoms with E-state index in [1.54, 1.807) is 12.1 Å². The number of aryl methyl sites for hydroxylation is 1. The van der Waals surface area contributed by atoms with Gasteiger partial charge in [-0.15, -0.1) is 0 Å². The summed E-state index contributed by atoms with van der Waals surface area (Å²) in [5.41, 5.74) is 1.52. The van der Waals surface area contributed by atoms with Gasteiger partial charge in [-0.1, -0.05) is 18.2 Å². The lowest BCUT2D eigenvalue weighted by atomic mass is 10.1. The Hall–Kier alpha value is -1.51. The zero-order valence-corrected chi connectivity index (χ0v) is 7.67. The van der Waals surface area contributed by atoms with Crippen LogP contribution in [0.15, 0.2) is 30.3 Å². The molecule has 0 saturated heterocycles. The summed E-state index contributed by atoms with van der Waals surface area (Å²) in [6.07, 6.45) is -2.50. The second-order valence-corrected chi connectivity index (χ2v) is 3.18. The van der Waals surface area contributed by atoms with Crippen LogP contribution in [-0.2, 0) is 0 Å². The van der Waals surface area contributed by atoms with Crippen molar-refractivity contribution in [2.24, 2.45) is 0 Å². The van der Waals surface area contributed by atoms with Crippen molar-refractivity contribution in [1.82, 2.24) is 4.98 Å². The number of alkyl halides is 2. The van der Waals surface area contributed by atoms with E-state index in [1.165, 1.54) is 6.07 Å². The molecule has 0 unspecified atom stereocenters. The standard InChI is InChI=1S/C11H9F2N/c1-7-3-2-4-9-8(7)5-6-10(14-9)11(12)13/h2-6,11H,1H3. The van der Waals surface area contributed by atoms with Gasteiger partial charge in [-0.3, -0.25) is 0 Å². The maximum absolute atomic E-state index is 12.3. The van der Waals surface area contributed by atoms with Gasteiger partial charge in [0, 0.05) is 5.39 Å². The van der Waals surface area contributed by atoms with Crippen LogP contribution in [0.1, 0.15) is 17.7 Å². The normalized spacial score (nSPS) is 11.1. The lowest BCUT2D eigenvalue weighted by Crippen LogP contribution is -1.91. The first-order valence-corrected chi connectivity index (χ1v) is 4.33. The second kappa shape index (κ2) is 3.33. The molecule has 0 N–H and O–H groups in total. The van der Waals surface area contributed by atoms with Gasteiger partial charge in [-0.05, 0) is 24.6 Å². The highest BCUT2D eigenvalue weighted by Gasteiger charge is 2.09. The summed E-state index contributed by atoms with van der Waals surface area (Å²) in [4.78, 5) is 3.89. The summed E-state index contributed by atoms with van der Waals surface area (Å²) in [7, 11) is 0. The van der Waals surface area contributed by atoms with Crippen LogP contribution in [-0.4, -0.2) is 4.98 Å². The molecule has 2 rings (SSSR count). The molecule has 2 aromatic rings. The zero-order chi connectivity index (χ0) is 10.1. The third-order valence-corrected chi connectivity index (χ3v) is 2.20. The molecule has 0 amide bonds. The van der Waals surface area contributed by atoms with Crippen LogP contribution in [0.2, 0.25) is 0 Å². The van der Waals surface area contributed by atoms with Crippen LogP contribution in [0.3, 0.4) is 0 Å². The SMILES string of the molecule is Cc1cccc2nc(C(F)F)ccc12. The van der Waals surface area contributed by atoms with Crippen molar-refractivity contribution in [2.45, 2.75) is 13.3 Å². The summed E-state index contributed by atoms with van der Waals surface area (Å²) in [6.45, 7) is 1.94. The van der Waals surface area contributed by atoms with Crippen molar-refractivity contribution in [3.8, 4) is 0 Å². The van der Waals surface area contributed by atoms with Crippen LogP contribution < -0.4 is 0 Å². The Morgan fingerprint density at radius 2 is 1.93 bits per heavy atom. The Kier molecular flexibility index (Phi) is 2.15. The number of halogens is 2. The van der Waals surface area contributed by atoms with E-state index in [2.05, 4.69) is 4.98 Å². The predicted molar refractivity (Wildman–Crippen MR) is 51.4 cm³/mol. The second-order valence-electron chi connectivity index (χ2n) is 3.18. The first-order chi connectivity index (χ1) is 6.68. The van der Waals surface area contributed by atoms with E-state index in [0.29, 0.717) is 5.52 Å². The predicted octanol–water partition coefficient (Wildman–Crippen LogP) is 3.48. The molecule has 0 fully saturated rings. The van der Waals surface area contributed by atoms with Gasteiger partial charge in [0.2, 0.25) is 0 Å². The van der Waals surface area contributed by atoms with Gasteiger partial charge in [0.15, 0.2) is 0 Å². The molecule has 0 atom stereocenters. The van der Waals surface area contributed by atoms with Crippen molar-refractivity contribution < 1.29 is 8.78 Å². The van der Waals surface area contributed by atoms with E-state index in [-0.39, 0.29) is 5.69 Å². The van der Waals surface area contributed by atoms with Gasteiger partial charge < -0.3 is 0 Å². The van der Waals surface area contributed by atoms with Crippen molar-refractivity contribution in [3.05, 3.63) is 41.6 Å². The average molecular weight is 193 g/mol. The Labute approximate surface area is 80.4 Å². The Balaban J connectivity index is 2.67. The van der Waals surface area contributed by atoms with Gasteiger partial charge in [0.1, 0.15) is 5.69 Å². The monoisotopic (exact) mass is 193 g/mol. The topological polar surface area (TPSA) is 12.9 Å². The number of rotatable bonds is 1. The minimum absolute atomic E-state index is 0.164. The Morgan fingerprint density at radius 1 is 1.14 bits per heavy atom. The zero-order valence-electron chi connectivity index (χ0n) is 7.67. The third kappa shape index (κ3) is 1.45. The minimum atomic E-state index is -2.50. The number of hydrogen-bond acceptors (Lipinski definition) is 1. The first-order valence-electron chi connectivity index (χ1n) is 4.33. The summed E-state index contributed by atoms with van der Waals surface area (Å²) >= 11 is 0. The number of aromatic nitrogens is 1. The fraction of sp³-hybridized carbons (Fsp3) is 0.182. The fourth-order valence-corrected chi connectivity index (χ4v) is 1.45. The molecule has 1 aromatic heterocycles. The molecule has 0 radical (unpaired) electrons. The molecular weight excluding hydrogens is 184 g/mol. The molecule has 0 bridgehead atoms. The molecule has 1 nitrogen and oxygen atoms in total. The maximum Gasteiger partial charge on any atom is 0.280 e. The molecule has 0 aliphatic rings. The third-order valence-electron chi connectivity index (χ3n) is 2.20. The summed E-state index contributed by atoms with van der Waals surface area (Å²) in [5, 5.41) is 0.928. The Bertz CT molecular complexity index is 466. The van der Waals surface area contributed by atoms with Crippen LogP contribution in [0.25, 0.3) is 10.9 Å². The lowest BCUT2D eigenvalue weighted by molar-refractivity contribution is 0.146. The van der Waals surface area contributed by atoms with Gasteiger partial charge >= 0.3 is 0 Å². The first kappa shape index (κ1) is 9.06. The molecule has 3 heteroatoms. The summed E-state index contributed by atoms with van der Waals surface area (Å²) < 4.78 is 24.7. The van der Waals surface area contributed by atoms with Gasteiger partial charge in [-0.25, -0.2) is 13.8 Å². The minimum Gasteiger partial charge on any atom is -0.247 e. The highest BCUT2D eigenvalue weighted by atomic mass is 19.3. The molecule has 0 aliphatic carbocycles. The molecule has 1 heterocycles. The van der Waals surface area contributed by atoms with E-state index in [4.69, 9.17) is 0 Å². The van der Waals surface area contributed by atoms with Crippen molar-refractivity contribution in [2.75, 3.05) is 0 Å². The molecule has 0 saturated carbocycles. The van der Waals surface area contributed by atoms with Gasteiger partial charge in [0.05, 0.1) is 5.52 Å². The van der Waals surface area contributed by atoms with E-state index in [9.17, 15) is 8.78 Å². The number of benzene rings is 1. The molecule has 1 aromatic carbocycles. The quantitative estimate of drug-likeness (QED) is 0.675. The van der Waals surface area contributed by atoms with E-state index >= 15 is 0 Å². The van der Waals surface area contributed by atoms with E-state index < -0.39 is 6.43 Å². The molecule has 0 spiro atoms. The van der Waals surface area contributed by atoms with Crippen LogP contribution in [0.5, 0.6) is 0 Å². The number of fused-ring (bicyclic) bond motifs is 1. The smallest absolute Gasteiger partial charge is 0.247 e. The summed E-state index contributed by atoms with van der Waals surface area (Å²) in [5.74, 6) is 0. The van der Waals surface area contributed by atoms with Crippen molar-refractivity contribution in [1.29, 1.82) is 0 Å². The van der Waals surface area contributed by atoms with Gasteiger partial charge in [0.25, 0.3) is 6.43 Å². The van der Waals surface area contributed by atoms with Crippen molar-refractivity contribution >= 4 is 10.9 Å². The number of hydrogen-bond donors (Lipinski definition) is 0. The number of nitrogens with zero attached hydrogens (tertiary/aromatic N) is 1. The molecule has 72 valence electrons. The largest absolute Gasteiger partial charge is 0.280 e. The average Bonchev–Trinajstić information content (AvgIpc) is 2.17. The lowest BCUT2D eigenvalue weighted by Gasteiger charge is -2.03. The highest BCUT2D eigenvalue weighted by Crippen LogP contribution is 2.21. The highest BCUT2D eigenvalue weighted by molar-refractivity contribution is 5.82. The summed E-state index contributed by atoms with van der Waals surface area (Å²) in [6, 6.07) is 8.57. The van der Waals surface area contributed by atoms with Gasteiger partial charge in [-0.2, -0.15) is 0 Å². The molecule has 0 aliphatic heterocycles. The van der Waals surface area contributed by atoms with Crippen LogP contribution in [0.4, 0.5) is 8.78 Å². The number of pyridine rings is 1. The van der Waals surface area contributed by atoms with E-state index in [1.807, 2.05) is 19.1 Å². The van der Waals surface area contributed by atoms with Crippen LogP contribution >= 0.6 is 0 Å². The fourth-order valence-electron chi connectivity index (χ4n) is 1.45. The Morgan fingerprint density at radius 3 is 2.64 bits per heavy atom. The molecular formula is C11H9F2N.